The number of hydrogen-bond donors (Lipinski definition) is 1. The molecular weight excluding hydrogens is 437 g/mol. The molecule has 0 unspecified atom stereocenters. The number of aliphatic imine (C=N–C) groups is 1. The molecule has 0 aliphatic carbocycles. The Hall–Kier alpha value is -1.13. The molecule has 24 heavy (non-hydrogen) atoms. The molecule has 0 aromatic carbocycles. The summed E-state index contributed by atoms with van der Waals surface area (Å²) in [6.45, 7) is 4.79. The number of halogens is 1. The van der Waals surface area contributed by atoms with Crippen molar-refractivity contribution in [2.75, 3.05) is 33.7 Å². The van der Waals surface area contributed by atoms with Crippen molar-refractivity contribution >= 4 is 41.3 Å². The Morgan fingerprint density at radius 2 is 2.38 bits per heavy atom. The first kappa shape index (κ1) is 19.2. The summed E-state index contributed by atoms with van der Waals surface area (Å²) >= 11 is 1.88. The second-order valence-corrected chi connectivity index (χ2v) is 6.72. The lowest BCUT2D eigenvalue weighted by atomic mass is 10.1. The number of nitrogens with one attached hydrogen (secondary N) is 1. The number of hydrogen-bond acceptors (Lipinski definition) is 5. The molecule has 132 valence electrons. The van der Waals surface area contributed by atoms with Gasteiger partial charge in [-0.1, -0.05) is 5.16 Å². The molecular formula is C16H24IN5OS. The monoisotopic (exact) mass is 461 g/mol. The number of thiophene rings is 1. The number of nitrogens with zero attached hydrogens (tertiary/aromatic N) is 4. The van der Waals surface area contributed by atoms with Crippen LogP contribution in [0.3, 0.4) is 0 Å². The quantitative estimate of drug-likeness (QED) is 0.421. The minimum absolute atomic E-state index is 0. The molecule has 8 heteroatoms. The van der Waals surface area contributed by atoms with E-state index in [4.69, 9.17) is 4.52 Å². The zero-order valence-corrected chi connectivity index (χ0v) is 17.2. The minimum atomic E-state index is 0. The molecule has 0 fully saturated rings. The van der Waals surface area contributed by atoms with Crippen molar-refractivity contribution in [3.63, 3.8) is 0 Å². The van der Waals surface area contributed by atoms with Gasteiger partial charge >= 0.3 is 0 Å². The molecule has 0 radical (unpaired) electrons. The molecule has 0 saturated heterocycles. The molecule has 0 saturated carbocycles. The summed E-state index contributed by atoms with van der Waals surface area (Å²) in [6.07, 6.45) is 2.77. The van der Waals surface area contributed by atoms with Crippen molar-refractivity contribution in [1.29, 1.82) is 0 Å². The predicted molar refractivity (Wildman–Crippen MR) is 108 cm³/mol. The summed E-state index contributed by atoms with van der Waals surface area (Å²) in [5.41, 5.74) is 2.39. The van der Waals surface area contributed by atoms with E-state index in [0.29, 0.717) is 6.54 Å². The molecule has 1 aliphatic rings. The van der Waals surface area contributed by atoms with Crippen LogP contribution in [-0.4, -0.2) is 54.6 Å². The van der Waals surface area contributed by atoms with Gasteiger partial charge in [0.1, 0.15) is 12.0 Å². The summed E-state index contributed by atoms with van der Waals surface area (Å²) in [7, 11) is 3.81. The highest BCUT2D eigenvalue weighted by Gasteiger charge is 2.17. The van der Waals surface area contributed by atoms with E-state index in [1.165, 1.54) is 12.0 Å². The van der Waals surface area contributed by atoms with E-state index in [1.54, 1.807) is 18.2 Å². The van der Waals surface area contributed by atoms with E-state index in [1.807, 2.05) is 29.4 Å². The normalized spacial score (nSPS) is 14.8. The topological polar surface area (TPSA) is 56.9 Å². The van der Waals surface area contributed by atoms with Crippen molar-refractivity contribution in [3.05, 3.63) is 39.9 Å². The molecule has 6 nitrogen and oxygen atoms in total. The second kappa shape index (κ2) is 9.38. The average molecular weight is 461 g/mol. The van der Waals surface area contributed by atoms with E-state index in [2.05, 4.69) is 31.8 Å². The van der Waals surface area contributed by atoms with E-state index in [-0.39, 0.29) is 24.0 Å². The standard InChI is InChI=1S/C16H23N5OS.HI/c1-17-16(20(2)12-14-4-9-22-19-14)18-6-8-21-7-3-15-13(11-21)5-10-23-15;/h4-5,9-10H,3,6-8,11-12H2,1-2H3,(H,17,18);1H. The maximum absolute atomic E-state index is 4.87. The third-order valence-corrected chi connectivity index (χ3v) is 5.08. The molecule has 0 amide bonds. The third-order valence-electron chi connectivity index (χ3n) is 4.06. The molecule has 0 spiro atoms. The molecule has 1 aliphatic heterocycles. The maximum atomic E-state index is 4.87. The molecule has 2 aromatic rings. The highest BCUT2D eigenvalue weighted by Crippen LogP contribution is 2.23. The lowest BCUT2D eigenvalue weighted by molar-refractivity contribution is 0.259. The van der Waals surface area contributed by atoms with Crippen molar-refractivity contribution in [2.24, 2.45) is 4.99 Å². The first-order chi connectivity index (χ1) is 11.3. The van der Waals surface area contributed by atoms with Crippen LogP contribution in [-0.2, 0) is 19.5 Å². The van der Waals surface area contributed by atoms with Gasteiger partial charge in [-0.05, 0) is 23.4 Å². The van der Waals surface area contributed by atoms with Crippen LogP contribution in [0.15, 0.2) is 33.3 Å². The minimum Gasteiger partial charge on any atom is -0.364 e. The summed E-state index contributed by atoms with van der Waals surface area (Å²) < 4.78 is 4.87. The zero-order valence-electron chi connectivity index (χ0n) is 14.1. The van der Waals surface area contributed by atoms with Gasteiger partial charge in [-0.3, -0.25) is 9.89 Å². The summed E-state index contributed by atoms with van der Waals surface area (Å²) in [4.78, 5) is 10.4. The Labute approximate surface area is 163 Å². The second-order valence-electron chi connectivity index (χ2n) is 5.72. The largest absolute Gasteiger partial charge is 0.364 e. The first-order valence-electron chi connectivity index (χ1n) is 7.85. The first-order valence-corrected chi connectivity index (χ1v) is 8.73. The van der Waals surface area contributed by atoms with Gasteiger partial charge in [0.15, 0.2) is 5.96 Å². The number of fused-ring (bicyclic) bond motifs is 1. The van der Waals surface area contributed by atoms with Gasteiger partial charge < -0.3 is 14.7 Å². The van der Waals surface area contributed by atoms with Crippen LogP contribution in [0.1, 0.15) is 16.1 Å². The molecule has 1 N–H and O–H groups in total. The van der Waals surface area contributed by atoms with Crippen LogP contribution in [0.4, 0.5) is 0 Å². The third kappa shape index (κ3) is 4.93. The summed E-state index contributed by atoms with van der Waals surface area (Å²) in [5, 5.41) is 9.56. The number of aromatic nitrogens is 1. The van der Waals surface area contributed by atoms with Crippen molar-refractivity contribution in [3.8, 4) is 0 Å². The Morgan fingerprint density at radius 1 is 1.50 bits per heavy atom. The fourth-order valence-corrected chi connectivity index (χ4v) is 3.73. The lowest BCUT2D eigenvalue weighted by Gasteiger charge is -2.28. The molecule has 3 rings (SSSR count). The van der Waals surface area contributed by atoms with Crippen LogP contribution in [0.2, 0.25) is 0 Å². The predicted octanol–water partition coefficient (Wildman–Crippen LogP) is 2.42. The highest BCUT2D eigenvalue weighted by atomic mass is 127. The zero-order chi connectivity index (χ0) is 16.1. The fraction of sp³-hybridized carbons (Fsp3) is 0.500. The summed E-state index contributed by atoms with van der Waals surface area (Å²) in [6, 6.07) is 4.13. The van der Waals surface area contributed by atoms with Crippen LogP contribution >= 0.6 is 35.3 Å². The van der Waals surface area contributed by atoms with E-state index < -0.39 is 0 Å². The van der Waals surface area contributed by atoms with Gasteiger partial charge in [0.25, 0.3) is 0 Å². The SMILES string of the molecule is CN=C(NCCN1CCc2sccc2C1)N(C)Cc1ccon1.I. The van der Waals surface area contributed by atoms with E-state index in [0.717, 1.165) is 37.8 Å². The van der Waals surface area contributed by atoms with Gasteiger partial charge in [0.05, 0.1) is 6.54 Å². The van der Waals surface area contributed by atoms with Crippen molar-refractivity contribution in [2.45, 2.75) is 19.5 Å². The van der Waals surface area contributed by atoms with Gasteiger partial charge in [-0.25, -0.2) is 0 Å². The van der Waals surface area contributed by atoms with Gasteiger partial charge in [-0.15, -0.1) is 35.3 Å². The van der Waals surface area contributed by atoms with Gasteiger partial charge in [-0.2, -0.15) is 0 Å². The average Bonchev–Trinajstić information content (AvgIpc) is 3.22. The number of rotatable bonds is 5. The maximum Gasteiger partial charge on any atom is 0.193 e. The van der Waals surface area contributed by atoms with E-state index in [9.17, 15) is 0 Å². The lowest BCUT2D eigenvalue weighted by Crippen LogP contribution is -2.43. The van der Waals surface area contributed by atoms with Gasteiger partial charge in [0.2, 0.25) is 0 Å². The van der Waals surface area contributed by atoms with Crippen LogP contribution in [0.5, 0.6) is 0 Å². The van der Waals surface area contributed by atoms with Gasteiger partial charge in [0, 0.05) is 51.2 Å². The van der Waals surface area contributed by atoms with Crippen LogP contribution < -0.4 is 5.32 Å². The van der Waals surface area contributed by atoms with Crippen molar-refractivity contribution in [1.82, 2.24) is 20.3 Å². The number of guanidine groups is 1. The smallest absolute Gasteiger partial charge is 0.193 e. The summed E-state index contributed by atoms with van der Waals surface area (Å²) in [5.74, 6) is 0.876. The Morgan fingerprint density at radius 3 is 3.12 bits per heavy atom. The molecule has 0 bridgehead atoms. The van der Waals surface area contributed by atoms with Crippen LogP contribution in [0.25, 0.3) is 0 Å². The Kier molecular flexibility index (Phi) is 7.50. The molecule has 0 atom stereocenters. The molecule has 2 aromatic heterocycles. The van der Waals surface area contributed by atoms with Crippen LogP contribution in [0, 0.1) is 0 Å². The highest BCUT2D eigenvalue weighted by molar-refractivity contribution is 14.0. The van der Waals surface area contributed by atoms with E-state index >= 15 is 0 Å². The molecule has 3 heterocycles. The Balaban J connectivity index is 0.00000208. The van der Waals surface area contributed by atoms with Crippen molar-refractivity contribution < 1.29 is 4.52 Å². The fourth-order valence-electron chi connectivity index (χ4n) is 2.85. The Bertz CT molecular complexity index is 643.